The molecule has 0 aliphatic carbocycles. The van der Waals surface area contributed by atoms with Gasteiger partial charge in [0.15, 0.2) is 0 Å². The van der Waals surface area contributed by atoms with Crippen LogP contribution in [0.15, 0.2) is 24.3 Å². The van der Waals surface area contributed by atoms with Crippen molar-refractivity contribution in [3.05, 3.63) is 29.3 Å². The lowest BCUT2D eigenvalue weighted by atomic mass is 10.1. The molecule has 1 aliphatic heterocycles. The minimum absolute atomic E-state index is 0.311. The quantitative estimate of drug-likeness (QED) is 0.893. The summed E-state index contributed by atoms with van der Waals surface area (Å²) in [4.78, 5) is 2.35. The second-order valence-corrected chi connectivity index (χ2v) is 5.14. The average molecular weight is 255 g/mol. The van der Waals surface area contributed by atoms with Gasteiger partial charge in [0.1, 0.15) is 12.4 Å². The van der Waals surface area contributed by atoms with Crippen molar-refractivity contribution in [2.24, 2.45) is 11.7 Å². The number of halogens is 1. The zero-order chi connectivity index (χ0) is 12.3. The van der Waals surface area contributed by atoms with E-state index in [1.807, 2.05) is 24.3 Å². The van der Waals surface area contributed by atoms with E-state index < -0.39 is 0 Å². The molecule has 2 unspecified atom stereocenters. The molecule has 1 saturated heterocycles. The van der Waals surface area contributed by atoms with Crippen molar-refractivity contribution in [2.75, 3.05) is 26.2 Å². The van der Waals surface area contributed by atoms with E-state index in [0.29, 0.717) is 18.6 Å². The molecule has 1 aliphatic rings. The third-order valence-electron chi connectivity index (χ3n) is 3.24. The minimum atomic E-state index is 0.311. The van der Waals surface area contributed by atoms with Crippen LogP contribution >= 0.6 is 11.6 Å². The zero-order valence-corrected chi connectivity index (χ0v) is 10.9. The van der Waals surface area contributed by atoms with Crippen molar-refractivity contribution in [1.29, 1.82) is 0 Å². The van der Waals surface area contributed by atoms with Crippen molar-refractivity contribution >= 4 is 11.6 Å². The molecule has 4 heteroatoms. The van der Waals surface area contributed by atoms with Gasteiger partial charge in [-0.25, -0.2) is 0 Å². The maximum atomic E-state index is 5.97. The van der Waals surface area contributed by atoms with Crippen LogP contribution in [-0.4, -0.2) is 37.2 Å². The number of nitrogens with two attached hydrogens (primary N) is 1. The van der Waals surface area contributed by atoms with Gasteiger partial charge in [0.25, 0.3) is 0 Å². The molecule has 2 atom stereocenters. The lowest BCUT2D eigenvalue weighted by molar-refractivity contribution is 0.233. The summed E-state index contributed by atoms with van der Waals surface area (Å²) in [6.45, 7) is 5.88. The van der Waals surface area contributed by atoms with E-state index in [9.17, 15) is 0 Å². The van der Waals surface area contributed by atoms with Crippen LogP contribution in [0.5, 0.6) is 5.75 Å². The molecule has 0 bridgehead atoms. The van der Waals surface area contributed by atoms with Crippen LogP contribution in [0.25, 0.3) is 0 Å². The van der Waals surface area contributed by atoms with Crippen LogP contribution in [0, 0.1) is 5.92 Å². The highest BCUT2D eigenvalue weighted by Crippen LogP contribution is 2.16. The lowest BCUT2D eigenvalue weighted by Crippen LogP contribution is -2.30. The fourth-order valence-electron chi connectivity index (χ4n) is 2.10. The highest BCUT2D eigenvalue weighted by Gasteiger charge is 2.25. The van der Waals surface area contributed by atoms with Crippen molar-refractivity contribution in [2.45, 2.75) is 13.0 Å². The standard InChI is InChI=1S/C13H19ClN2O/c1-10-8-16(9-13(10)15)6-7-17-12-4-2-11(14)3-5-12/h2-5,10,13H,6-9,15H2,1H3. The Morgan fingerprint density at radius 1 is 1.35 bits per heavy atom. The molecule has 1 fully saturated rings. The number of benzene rings is 1. The normalized spacial score (nSPS) is 25.1. The van der Waals surface area contributed by atoms with Crippen LogP contribution in [0.4, 0.5) is 0 Å². The first-order valence-electron chi connectivity index (χ1n) is 6.01. The molecule has 2 rings (SSSR count). The van der Waals surface area contributed by atoms with E-state index in [-0.39, 0.29) is 0 Å². The van der Waals surface area contributed by atoms with Crippen molar-refractivity contribution < 1.29 is 4.74 Å². The van der Waals surface area contributed by atoms with Gasteiger partial charge in [0.2, 0.25) is 0 Å². The maximum Gasteiger partial charge on any atom is 0.119 e. The molecule has 0 radical (unpaired) electrons. The zero-order valence-electron chi connectivity index (χ0n) is 10.1. The van der Waals surface area contributed by atoms with Gasteiger partial charge in [-0.2, -0.15) is 0 Å². The van der Waals surface area contributed by atoms with Gasteiger partial charge in [-0.3, -0.25) is 4.90 Å². The molecule has 0 aromatic heterocycles. The van der Waals surface area contributed by atoms with E-state index in [0.717, 1.165) is 30.4 Å². The molecule has 0 saturated carbocycles. The number of nitrogens with zero attached hydrogens (tertiary/aromatic N) is 1. The fraction of sp³-hybridized carbons (Fsp3) is 0.538. The Labute approximate surface area is 107 Å². The van der Waals surface area contributed by atoms with Crippen molar-refractivity contribution in [3.8, 4) is 5.75 Å². The first-order chi connectivity index (χ1) is 8.15. The Balaban J connectivity index is 1.71. The second kappa shape index (κ2) is 5.71. The van der Waals surface area contributed by atoms with Gasteiger partial charge in [0.05, 0.1) is 0 Å². The van der Waals surface area contributed by atoms with Crippen molar-refractivity contribution in [3.63, 3.8) is 0 Å². The van der Waals surface area contributed by atoms with Gasteiger partial charge in [0, 0.05) is 30.7 Å². The predicted octanol–water partition coefficient (Wildman–Crippen LogP) is 2.00. The molecular weight excluding hydrogens is 236 g/mol. The molecule has 0 amide bonds. The summed E-state index contributed by atoms with van der Waals surface area (Å²) in [5, 5.41) is 0.733. The van der Waals surface area contributed by atoms with Crippen LogP contribution in [0.2, 0.25) is 5.02 Å². The third kappa shape index (κ3) is 3.60. The van der Waals surface area contributed by atoms with E-state index >= 15 is 0 Å². The van der Waals surface area contributed by atoms with E-state index in [2.05, 4.69) is 11.8 Å². The number of hydrogen-bond donors (Lipinski definition) is 1. The van der Waals surface area contributed by atoms with Crippen molar-refractivity contribution in [1.82, 2.24) is 4.90 Å². The summed E-state index contributed by atoms with van der Waals surface area (Å²) in [5.41, 5.74) is 5.97. The number of likely N-dealkylation sites (tertiary alicyclic amines) is 1. The highest BCUT2D eigenvalue weighted by atomic mass is 35.5. The van der Waals surface area contributed by atoms with Crippen LogP contribution < -0.4 is 10.5 Å². The van der Waals surface area contributed by atoms with Crippen LogP contribution in [-0.2, 0) is 0 Å². The molecule has 1 aromatic rings. The Morgan fingerprint density at radius 3 is 2.65 bits per heavy atom. The first-order valence-corrected chi connectivity index (χ1v) is 6.39. The fourth-order valence-corrected chi connectivity index (χ4v) is 2.23. The number of hydrogen-bond acceptors (Lipinski definition) is 3. The summed E-state index contributed by atoms with van der Waals surface area (Å²) >= 11 is 5.80. The Hall–Kier alpha value is -0.770. The van der Waals surface area contributed by atoms with E-state index in [1.54, 1.807) is 0 Å². The van der Waals surface area contributed by atoms with Crippen LogP contribution in [0.3, 0.4) is 0 Å². The van der Waals surface area contributed by atoms with Gasteiger partial charge in [-0.05, 0) is 30.2 Å². The summed E-state index contributed by atoms with van der Waals surface area (Å²) in [6, 6.07) is 7.77. The molecule has 1 heterocycles. The molecule has 0 spiro atoms. The molecule has 94 valence electrons. The summed E-state index contributed by atoms with van der Waals surface area (Å²) < 4.78 is 5.65. The number of ether oxygens (including phenoxy) is 1. The largest absolute Gasteiger partial charge is 0.492 e. The highest BCUT2D eigenvalue weighted by molar-refractivity contribution is 6.30. The third-order valence-corrected chi connectivity index (χ3v) is 3.49. The number of rotatable bonds is 4. The predicted molar refractivity (Wildman–Crippen MR) is 70.5 cm³/mol. The summed E-state index contributed by atoms with van der Waals surface area (Å²) in [6.07, 6.45) is 0. The molecule has 17 heavy (non-hydrogen) atoms. The smallest absolute Gasteiger partial charge is 0.119 e. The maximum absolute atomic E-state index is 5.97. The monoisotopic (exact) mass is 254 g/mol. The second-order valence-electron chi connectivity index (χ2n) is 4.70. The lowest BCUT2D eigenvalue weighted by Gasteiger charge is -2.15. The summed E-state index contributed by atoms with van der Waals surface area (Å²) in [7, 11) is 0. The Bertz CT molecular complexity index is 345. The SMILES string of the molecule is CC1CN(CCOc2ccc(Cl)cc2)CC1N. The Morgan fingerprint density at radius 2 is 2.06 bits per heavy atom. The molecule has 3 nitrogen and oxygen atoms in total. The molecule has 1 aromatic carbocycles. The summed E-state index contributed by atoms with van der Waals surface area (Å²) in [5.74, 6) is 1.46. The van der Waals surface area contributed by atoms with Gasteiger partial charge >= 0.3 is 0 Å². The molecule has 2 N–H and O–H groups in total. The van der Waals surface area contributed by atoms with Crippen LogP contribution in [0.1, 0.15) is 6.92 Å². The van der Waals surface area contributed by atoms with E-state index in [1.165, 1.54) is 0 Å². The van der Waals surface area contributed by atoms with Gasteiger partial charge in [-0.15, -0.1) is 0 Å². The first kappa shape index (κ1) is 12.7. The molecular formula is C13H19ClN2O. The topological polar surface area (TPSA) is 38.5 Å². The van der Waals surface area contributed by atoms with E-state index in [4.69, 9.17) is 22.1 Å². The average Bonchev–Trinajstić information content (AvgIpc) is 2.61. The Kier molecular flexibility index (Phi) is 4.26. The minimum Gasteiger partial charge on any atom is -0.492 e. The van der Waals surface area contributed by atoms with Gasteiger partial charge < -0.3 is 10.5 Å². The van der Waals surface area contributed by atoms with Gasteiger partial charge in [-0.1, -0.05) is 18.5 Å².